The van der Waals surface area contributed by atoms with Crippen molar-refractivity contribution in [2.24, 2.45) is 0 Å². The molecule has 1 aromatic carbocycles. The van der Waals surface area contributed by atoms with E-state index in [4.69, 9.17) is 4.74 Å². The molecular weight excluding hydrogens is 269 g/mol. The number of halogens is 1. The Labute approximate surface area is 123 Å². The van der Waals surface area contributed by atoms with E-state index in [1.165, 1.54) is 12.1 Å². The zero-order valence-electron chi connectivity index (χ0n) is 12.2. The van der Waals surface area contributed by atoms with Gasteiger partial charge in [0.1, 0.15) is 17.7 Å². The molecule has 0 atom stereocenters. The average molecular weight is 287 g/mol. The molecule has 1 fully saturated rings. The molecule has 2 heterocycles. The highest BCUT2D eigenvalue weighted by atomic mass is 19.1. The normalized spacial score (nSPS) is 15.1. The van der Waals surface area contributed by atoms with Gasteiger partial charge in [-0.1, -0.05) is 13.8 Å². The topological polar surface area (TPSA) is 38.2 Å². The highest BCUT2D eigenvalue weighted by Gasteiger charge is 2.30. The van der Waals surface area contributed by atoms with Gasteiger partial charge >= 0.3 is 0 Å². The minimum atomic E-state index is -0.253. The van der Waals surface area contributed by atoms with Gasteiger partial charge in [-0.2, -0.15) is 0 Å². The van der Waals surface area contributed by atoms with E-state index in [9.17, 15) is 4.39 Å². The number of rotatable bonds is 4. The second kappa shape index (κ2) is 5.68. The Morgan fingerprint density at radius 2 is 1.90 bits per heavy atom. The van der Waals surface area contributed by atoms with Gasteiger partial charge in [-0.3, -0.25) is 0 Å². The van der Waals surface area contributed by atoms with Gasteiger partial charge in [-0.25, -0.2) is 14.4 Å². The van der Waals surface area contributed by atoms with Crippen molar-refractivity contribution in [3.8, 4) is 5.75 Å². The molecule has 1 aliphatic rings. The minimum absolute atomic E-state index is 0.0989. The molecule has 0 radical (unpaired) electrons. The maximum atomic E-state index is 12.8. The van der Waals surface area contributed by atoms with E-state index in [-0.39, 0.29) is 11.9 Å². The smallest absolute Gasteiger partial charge is 0.225 e. The summed E-state index contributed by atoms with van der Waals surface area (Å²) in [4.78, 5) is 10.9. The van der Waals surface area contributed by atoms with E-state index in [1.54, 1.807) is 18.3 Å². The number of nitrogens with zero attached hydrogens (tertiary/aromatic N) is 3. The van der Waals surface area contributed by atoms with E-state index < -0.39 is 0 Å². The van der Waals surface area contributed by atoms with Crippen molar-refractivity contribution in [2.45, 2.75) is 25.9 Å². The first-order valence-corrected chi connectivity index (χ1v) is 7.12. The monoisotopic (exact) mass is 287 g/mol. The van der Waals surface area contributed by atoms with Gasteiger partial charge < -0.3 is 9.64 Å². The lowest BCUT2D eigenvalue weighted by Gasteiger charge is -2.39. The van der Waals surface area contributed by atoms with Crippen LogP contribution < -0.4 is 9.64 Å². The number of hydrogen-bond acceptors (Lipinski definition) is 4. The molecule has 21 heavy (non-hydrogen) atoms. The van der Waals surface area contributed by atoms with Crippen LogP contribution in [0.4, 0.5) is 10.3 Å². The molecule has 0 bridgehead atoms. The van der Waals surface area contributed by atoms with Gasteiger partial charge in [-0.15, -0.1) is 0 Å². The molecule has 0 N–H and O–H groups in total. The summed E-state index contributed by atoms with van der Waals surface area (Å²) in [5, 5.41) is 0. The fourth-order valence-electron chi connectivity index (χ4n) is 2.22. The van der Waals surface area contributed by atoms with Crippen molar-refractivity contribution in [3.63, 3.8) is 0 Å². The van der Waals surface area contributed by atoms with Crippen molar-refractivity contribution in [1.82, 2.24) is 9.97 Å². The summed E-state index contributed by atoms with van der Waals surface area (Å²) in [5.74, 6) is 1.58. The van der Waals surface area contributed by atoms with Crippen LogP contribution in [-0.4, -0.2) is 29.2 Å². The summed E-state index contributed by atoms with van der Waals surface area (Å²) in [7, 11) is 0. The lowest BCUT2D eigenvalue weighted by molar-refractivity contribution is 0.166. The standard InChI is InChI=1S/C16H18FN3O/c1-11(2)15-7-8-18-16(19-15)20-9-14(10-20)21-13-5-3-12(17)4-6-13/h3-8,11,14H,9-10H2,1-2H3. The quantitative estimate of drug-likeness (QED) is 0.866. The number of hydrogen-bond donors (Lipinski definition) is 0. The largest absolute Gasteiger partial charge is 0.487 e. The highest BCUT2D eigenvalue weighted by Crippen LogP contribution is 2.22. The molecule has 0 saturated carbocycles. The van der Waals surface area contributed by atoms with Crippen LogP contribution in [0.25, 0.3) is 0 Å². The molecule has 0 unspecified atom stereocenters. The van der Waals surface area contributed by atoms with Gasteiger partial charge in [0.05, 0.1) is 13.1 Å². The average Bonchev–Trinajstić information content (AvgIpc) is 2.44. The fraction of sp³-hybridized carbons (Fsp3) is 0.375. The third-order valence-corrected chi connectivity index (χ3v) is 3.50. The SMILES string of the molecule is CC(C)c1ccnc(N2CC(Oc3ccc(F)cc3)C2)n1. The van der Waals surface area contributed by atoms with Crippen molar-refractivity contribution >= 4 is 5.95 Å². The first kappa shape index (κ1) is 13.8. The summed E-state index contributed by atoms with van der Waals surface area (Å²) in [5.41, 5.74) is 1.04. The zero-order valence-corrected chi connectivity index (χ0v) is 12.2. The molecule has 2 aromatic rings. The number of ether oxygens (including phenoxy) is 1. The lowest BCUT2D eigenvalue weighted by Crippen LogP contribution is -2.54. The number of aromatic nitrogens is 2. The summed E-state index contributed by atoms with van der Waals surface area (Å²) < 4.78 is 18.6. The molecule has 0 spiro atoms. The molecular formula is C16H18FN3O. The summed E-state index contributed by atoms with van der Waals surface area (Å²) in [6.45, 7) is 5.73. The second-order valence-corrected chi connectivity index (χ2v) is 5.53. The maximum Gasteiger partial charge on any atom is 0.225 e. The van der Waals surface area contributed by atoms with E-state index in [0.717, 1.165) is 24.7 Å². The minimum Gasteiger partial charge on any atom is -0.487 e. The van der Waals surface area contributed by atoms with Crippen LogP contribution >= 0.6 is 0 Å². The number of anilines is 1. The molecule has 4 nitrogen and oxygen atoms in total. The molecule has 3 rings (SSSR count). The van der Waals surface area contributed by atoms with Crippen molar-refractivity contribution in [1.29, 1.82) is 0 Å². The van der Waals surface area contributed by atoms with Crippen LogP contribution in [0.2, 0.25) is 0 Å². The van der Waals surface area contributed by atoms with E-state index >= 15 is 0 Å². The van der Waals surface area contributed by atoms with Gasteiger partial charge in [0.15, 0.2) is 0 Å². The predicted molar refractivity (Wildman–Crippen MR) is 79.2 cm³/mol. The fourth-order valence-corrected chi connectivity index (χ4v) is 2.22. The Kier molecular flexibility index (Phi) is 3.73. The van der Waals surface area contributed by atoms with Crippen molar-refractivity contribution in [2.75, 3.05) is 18.0 Å². The molecule has 0 aliphatic carbocycles. The van der Waals surface area contributed by atoms with Crippen LogP contribution in [-0.2, 0) is 0 Å². The van der Waals surface area contributed by atoms with Crippen LogP contribution in [0.5, 0.6) is 5.75 Å². The third kappa shape index (κ3) is 3.12. The molecule has 110 valence electrons. The first-order chi connectivity index (χ1) is 10.1. The van der Waals surface area contributed by atoms with Gasteiger partial charge in [0, 0.05) is 11.9 Å². The Balaban J connectivity index is 1.58. The lowest BCUT2D eigenvalue weighted by atomic mass is 10.1. The van der Waals surface area contributed by atoms with E-state index in [1.807, 2.05) is 6.07 Å². The Morgan fingerprint density at radius 1 is 1.19 bits per heavy atom. The molecule has 5 heteroatoms. The summed E-state index contributed by atoms with van der Waals surface area (Å²) in [6, 6.07) is 8.05. The molecule has 1 aliphatic heterocycles. The Hall–Kier alpha value is -2.17. The predicted octanol–water partition coefficient (Wildman–Crippen LogP) is 3.01. The first-order valence-electron chi connectivity index (χ1n) is 7.12. The van der Waals surface area contributed by atoms with Crippen LogP contribution in [0, 0.1) is 5.82 Å². The van der Waals surface area contributed by atoms with E-state index in [2.05, 4.69) is 28.7 Å². The Morgan fingerprint density at radius 3 is 2.57 bits per heavy atom. The Bertz CT molecular complexity index is 609. The second-order valence-electron chi connectivity index (χ2n) is 5.53. The molecule has 0 amide bonds. The van der Waals surface area contributed by atoms with Crippen molar-refractivity contribution < 1.29 is 9.13 Å². The van der Waals surface area contributed by atoms with Crippen LogP contribution in [0.1, 0.15) is 25.5 Å². The van der Waals surface area contributed by atoms with Gasteiger partial charge in [0.2, 0.25) is 5.95 Å². The summed E-state index contributed by atoms with van der Waals surface area (Å²) in [6.07, 6.45) is 1.90. The zero-order chi connectivity index (χ0) is 14.8. The number of benzene rings is 1. The molecule has 1 saturated heterocycles. The molecule has 1 aromatic heterocycles. The van der Waals surface area contributed by atoms with E-state index in [0.29, 0.717) is 11.7 Å². The van der Waals surface area contributed by atoms with Crippen molar-refractivity contribution in [3.05, 3.63) is 48.0 Å². The van der Waals surface area contributed by atoms with Crippen LogP contribution in [0.15, 0.2) is 36.5 Å². The maximum absolute atomic E-state index is 12.8. The third-order valence-electron chi connectivity index (χ3n) is 3.50. The van der Waals surface area contributed by atoms with Crippen LogP contribution in [0.3, 0.4) is 0 Å². The van der Waals surface area contributed by atoms with Gasteiger partial charge in [-0.05, 0) is 36.2 Å². The van der Waals surface area contributed by atoms with Gasteiger partial charge in [0.25, 0.3) is 0 Å². The highest BCUT2D eigenvalue weighted by molar-refractivity contribution is 5.36. The summed E-state index contributed by atoms with van der Waals surface area (Å²) >= 11 is 0.